The number of nitrogens with one attached hydrogen (secondary N) is 1. The van der Waals surface area contributed by atoms with Crippen LogP contribution in [0.25, 0.3) is 0 Å². The molecule has 1 fully saturated rings. The van der Waals surface area contributed by atoms with Gasteiger partial charge in [0.1, 0.15) is 11.6 Å². The summed E-state index contributed by atoms with van der Waals surface area (Å²) in [6, 6.07) is 1.87. The summed E-state index contributed by atoms with van der Waals surface area (Å²) in [5, 5.41) is 7.21. The van der Waals surface area contributed by atoms with E-state index >= 15 is 0 Å². The molecule has 0 saturated carbocycles. The molecular weight excluding hydrogens is 306 g/mol. The lowest BCUT2D eigenvalue weighted by Gasteiger charge is -2.34. The molecule has 1 aliphatic heterocycles. The van der Waals surface area contributed by atoms with Gasteiger partial charge in [-0.15, -0.1) is 0 Å². The number of aromatic amines is 1. The van der Waals surface area contributed by atoms with Crippen LogP contribution in [0.4, 0.5) is 5.95 Å². The number of hydrogen-bond acceptors (Lipinski definition) is 7. The van der Waals surface area contributed by atoms with Crippen LogP contribution in [0.15, 0.2) is 6.07 Å². The molecule has 8 heteroatoms. The second-order valence-corrected chi connectivity index (χ2v) is 5.90. The Morgan fingerprint density at radius 3 is 2.58 bits per heavy atom. The molecule has 0 amide bonds. The topological polar surface area (TPSA) is 83.1 Å². The molecule has 3 heterocycles. The molecule has 3 rings (SSSR count). The van der Waals surface area contributed by atoms with Gasteiger partial charge in [0.25, 0.3) is 0 Å². The van der Waals surface area contributed by atoms with E-state index < -0.39 is 0 Å². The lowest BCUT2D eigenvalue weighted by atomic mass is 10.3. The smallest absolute Gasteiger partial charge is 0.228 e. The van der Waals surface area contributed by atoms with E-state index in [-0.39, 0.29) is 0 Å². The number of nitrogens with zero attached hydrogens (tertiary/aromatic N) is 6. The molecule has 1 saturated heterocycles. The van der Waals surface area contributed by atoms with Crippen LogP contribution < -0.4 is 9.64 Å². The summed E-state index contributed by atoms with van der Waals surface area (Å²) in [7, 11) is 0. The first-order chi connectivity index (χ1) is 11.7. The molecule has 0 aromatic carbocycles. The molecule has 1 aliphatic rings. The molecule has 0 atom stereocenters. The predicted molar refractivity (Wildman–Crippen MR) is 91.2 cm³/mol. The highest BCUT2D eigenvalue weighted by Gasteiger charge is 2.20. The minimum absolute atomic E-state index is 0.612. The van der Waals surface area contributed by atoms with Gasteiger partial charge in [0.15, 0.2) is 0 Å². The number of anilines is 1. The molecule has 130 valence electrons. The second kappa shape index (κ2) is 7.57. The van der Waals surface area contributed by atoms with E-state index in [0.717, 1.165) is 62.4 Å². The van der Waals surface area contributed by atoms with Gasteiger partial charge < -0.3 is 9.64 Å². The van der Waals surface area contributed by atoms with Gasteiger partial charge >= 0.3 is 0 Å². The van der Waals surface area contributed by atoms with E-state index in [1.165, 1.54) is 0 Å². The zero-order valence-electron chi connectivity index (χ0n) is 14.6. The predicted octanol–water partition coefficient (Wildman–Crippen LogP) is 1.19. The Kier molecular flexibility index (Phi) is 5.24. The normalized spacial score (nSPS) is 15.7. The van der Waals surface area contributed by atoms with Crippen molar-refractivity contribution in [1.29, 1.82) is 0 Å². The first-order valence-corrected chi connectivity index (χ1v) is 8.54. The van der Waals surface area contributed by atoms with Gasteiger partial charge in [-0.1, -0.05) is 6.92 Å². The maximum absolute atomic E-state index is 5.52. The van der Waals surface area contributed by atoms with Crippen molar-refractivity contribution in [3.05, 3.63) is 23.4 Å². The molecule has 0 unspecified atom stereocenters. The van der Waals surface area contributed by atoms with Gasteiger partial charge in [-0.3, -0.25) is 10.00 Å². The van der Waals surface area contributed by atoms with Gasteiger partial charge in [0.05, 0.1) is 13.2 Å². The van der Waals surface area contributed by atoms with Crippen molar-refractivity contribution < 1.29 is 4.74 Å². The average molecular weight is 331 g/mol. The summed E-state index contributed by atoms with van der Waals surface area (Å²) in [6.07, 6.45) is 0.858. The highest BCUT2D eigenvalue weighted by Crippen LogP contribution is 2.17. The number of ether oxygens (including phenoxy) is 1. The third kappa shape index (κ3) is 4.00. The molecule has 1 N–H and O–H groups in total. The molecular formula is C16H25N7O. The van der Waals surface area contributed by atoms with Gasteiger partial charge in [-0.05, 0) is 13.8 Å². The number of rotatable bonds is 6. The lowest BCUT2D eigenvalue weighted by molar-refractivity contribution is 0.242. The minimum Gasteiger partial charge on any atom is -0.478 e. The van der Waals surface area contributed by atoms with E-state index in [0.29, 0.717) is 12.5 Å². The molecule has 0 bridgehead atoms. The van der Waals surface area contributed by atoms with Crippen molar-refractivity contribution in [3.63, 3.8) is 0 Å². The van der Waals surface area contributed by atoms with E-state index in [1.54, 1.807) is 0 Å². The van der Waals surface area contributed by atoms with Crippen molar-refractivity contribution in [2.24, 2.45) is 0 Å². The fourth-order valence-corrected chi connectivity index (χ4v) is 2.77. The molecule has 8 nitrogen and oxygen atoms in total. The maximum Gasteiger partial charge on any atom is 0.228 e. The number of piperazine rings is 1. The van der Waals surface area contributed by atoms with Crippen molar-refractivity contribution in [2.75, 3.05) is 37.7 Å². The Morgan fingerprint density at radius 2 is 1.92 bits per heavy atom. The molecule has 24 heavy (non-hydrogen) atoms. The largest absolute Gasteiger partial charge is 0.478 e. The number of hydrogen-bond donors (Lipinski definition) is 1. The minimum atomic E-state index is 0.612. The Bertz CT molecular complexity index is 664. The SMILES string of the molecule is CCOc1cc(C)nc(N2CCN(Cc3nc(CC)n[nH]3)CC2)n1. The zero-order valence-corrected chi connectivity index (χ0v) is 14.6. The average Bonchev–Trinajstić information content (AvgIpc) is 3.03. The van der Waals surface area contributed by atoms with Crippen LogP contribution >= 0.6 is 0 Å². The fourth-order valence-electron chi connectivity index (χ4n) is 2.77. The van der Waals surface area contributed by atoms with Crippen LogP contribution in [0.1, 0.15) is 31.2 Å². The van der Waals surface area contributed by atoms with Crippen molar-refractivity contribution in [1.82, 2.24) is 30.0 Å². The molecule has 2 aromatic heterocycles. The van der Waals surface area contributed by atoms with Crippen LogP contribution in [0.5, 0.6) is 5.88 Å². The zero-order chi connectivity index (χ0) is 16.9. The van der Waals surface area contributed by atoms with E-state index in [4.69, 9.17) is 4.74 Å². The summed E-state index contributed by atoms with van der Waals surface area (Å²) in [4.78, 5) is 18.1. The first kappa shape index (κ1) is 16.6. The number of aryl methyl sites for hydroxylation is 2. The quantitative estimate of drug-likeness (QED) is 0.851. The van der Waals surface area contributed by atoms with Crippen molar-refractivity contribution in [3.8, 4) is 5.88 Å². The summed E-state index contributed by atoms with van der Waals surface area (Å²) < 4.78 is 5.52. The summed E-state index contributed by atoms with van der Waals surface area (Å²) >= 11 is 0. The van der Waals surface area contributed by atoms with Gasteiger partial charge in [-0.25, -0.2) is 9.97 Å². The molecule has 0 aliphatic carbocycles. The van der Waals surface area contributed by atoms with E-state index in [1.807, 2.05) is 19.9 Å². The van der Waals surface area contributed by atoms with E-state index in [9.17, 15) is 0 Å². The third-order valence-electron chi connectivity index (χ3n) is 4.03. The highest BCUT2D eigenvalue weighted by atomic mass is 16.5. The Hall–Kier alpha value is -2.22. The number of aromatic nitrogens is 5. The molecule has 2 aromatic rings. The summed E-state index contributed by atoms with van der Waals surface area (Å²) in [5.41, 5.74) is 0.930. The van der Waals surface area contributed by atoms with Crippen molar-refractivity contribution >= 4 is 5.95 Å². The van der Waals surface area contributed by atoms with Crippen LogP contribution in [0.2, 0.25) is 0 Å². The van der Waals surface area contributed by atoms with Crippen LogP contribution in [-0.2, 0) is 13.0 Å². The Balaban J connectivity index is 1.58. The monoisotopic (exact) mass is 331 g/mol. The fraction of sp³-hybridized carbons (Fsp3) is 0.625. The number of H-pyrrole nitrogens is 1. The van der Waals surface area contributed by atoms with Crippen LogP contribution in [0, 0.1) is 6.92 Å². The lowest BCUT2D eigenvalue weighted by Crippen LogP contribution is -2.46. The molecule has 0 spiro atoms. The Morgan fingerprint density at radius 1 is 1.12 bits per heavy atom. The molecule has 0 radical (unpaired) electrons. The maximum atomic E-state index is 5.52. The van der Waals surface area contributed by atoms with Gasteiger partial charge in [-0.2, -0.15) is 10.1 Å². The third-order valence-corrected chi connectivity index (χ3v) is 4.03. The van der Waals surface area contributed by atoms with Crippen LogP contribution in [0.3, 0.4) is 0 Å². The standard InChI is InChI=1S/C16H25N7O/c1-4-13-18-14(21-20-13)11-22-6-8-23(9-7-22)16-17-12(3)10-15(19-16)24-5-2/h10H,4-9,11H2,1-3H3,(H,18,20,21). The Labute approximate surface area is 142 Å². The van der Waals surface area contributed by atoms with E-state index in [2.05, 4.69) is 41.9 Å². The second-order valence-electron chi connectivity index (χ2n) is 5.90. The first-order valence-electron chi connectivity index (χ1n) is 8.54. The van der Waals surface area contributed by atoms with Gasteiger partial charge in [0, 0.05) is 44.4 Å². The summed E-state index contributed by atoms with van der Waals surface area (Å²) in [5.74, 6) is 3.22. The van der Waals surface area contributed by atoms with Gasteiger partial charge in [0.2, 0.25) is 11.8 Å². The highest BCUT2D eigenvalue weighted by molar-refractivity contribution is 5.35. The van der Waals surface area contributed by atoms with Crippen molar-refractivity contribution in [2.45, 2.75) is 33.7 Å². The van der Waals surface area contributed by atoms with Crippen LogP contribution in [-0.4, -0.2) is 62.8 Å². The summed E-state index contributed by atoms with van der Waals surface area (Å²) in [6.45, 7) is 11.1.